The number of benzene rings is 2. The van der Waals surface area contributed by atoms with E-state index in [-0.39, 0.29) is 5.91 Å². The second-order valence-electron chi connectivity index (χ2n) is 4.24. The van der Waals surface area contributed by atoms with Crippen LogP contribution in [-0.4, -0.2) is 5.91 Å². The third-order valence-corrected chi connectivity index (χ3v) is 3.53. The largest absolute Gasteiger partial charge is 0.321 e. The summed E-state index contributed by atoms with van der Waals surface area (Å²) in [4.78, 5) is 12.2. The Bertz CT molecular complexity index is 722. The summed E-state index contributed by atoms with van der Waals surface area (Å²) >= 11 is 9.34. The van der Waals surface area contributed by atoms with Crippen LogP contribution < -0.4 is 5.32 Å². The minimum atomic E-state index is -0.339. The van der Waals surface area contributed by atoms with Gasteiger partial charge in [0.15, 0.2) is 0 Å². The molecule has 1 N–H and O–H groups in total. The van der Waals surface area contributed by atoms with Crippen molar-refractivity contribution in [2.75, 3.05) is 5.32 Å². The maximum atomic E-state index is 12.2. The molecule has 0 atom stereocenters. The van der Waals surface area contributed by atoms with Gasteiger partial charge in [-0.3, -0.25) is 4.79 Å². The van der Waals surface area contributed by atoms with Gasteiger partial charge in [0.25, 0.3) is 5.91 Å². The highest BCUT2D eigenvalue weighted by Crippen LogP contribution is 2.23. The summed E-state index contributed by atoms with van der Waals surface area (Å²) in [6, 6.07) is 12.3. The molecule has 1 amide bonds. The van der Waals surface area contributed by atoms with Crippen molar-refractivity contribution in [1.82, 2.24) is 0 Å². The molecule has 20 heavy (non-hydrogen) atoms. The van der Waals surface area contributed by atoms with Crippen LogP contribution in [0, 0.1) is 18.3 Å². The van der Waals surface area contributed by atoms with E-state index in [2.05, 4.69) is 21.2 Å². The van der Waals surface area contributed by atoms with E-state index in [4.69, 9.17) is 16.9 Å². The van der Waals surface area contributed by atoms with E-state index in [9.17, 15) is 4.79 Å². The van der Waals surface area contributed by atoms with Crippen molar-refractivity contribution in [2.24, 2.45) is 0 Å². The standard InChI is InChI=1S/C15H10BrClN2O/c1-9-2-4-12(13(17)6-9)15(20)19-14-5-3-11(16)7-10(14)8-18/h2-7H,1H3,(H,19,20). The number of nitrogens with one attached hydrogen (secondary N) is 1. The van der Waals surface area contributed by atoms with E-state index in [0.29, 0.717) is 21.8 Å². The second kappa shape index (κ2) is 6.08. The van der Waals surface area contributed by atoms with Gasteiger partial charge in [0, 0.05) is 4.47 Å². The van der Waals surface area contributed by atoms with E-state index < -0.39 is 0 Å². The summed E-state index contributed by atoms with van der Waals surface area (Å²) in [6.45, 7) is 1.90. The minimum absolute atomic E-state index is 0.339. The molecule has 0 unspecified atom stereocenters. The van der Waals surface area contributed by atoms with Gasteiger partial charge in [-0.05, 0) is 42.8 Å². The first-order chi connectivity index (χ1) is 9.51. The van der Waals surface area contributed by atoms with E-state index in [1.807, 2.05) is 19.1 Å². The predicted molar refractivity (Wildman–Crippen MR) is 83.0 cm³/mol. The minimum Gasteiger partial charge on any atom is -0.321 e. The molecule has 0 aromatic heterocycles. The molecule has 3 nitrogen and oxygen atoms in total. The Morgan fingerprint density at radius 1 is 1.30 bits per heavy atom. The number of amides is 1. The Morgan fingerprint density at radius 3 is 2.70 bits per heavy atom. The molecule has 0 bridgehead atoms. The zero-order valence-corrected chi connectivity index (χ0v) is 12.9. The van der Waals surface area contributed by atoms with Crippen molar-refractivity contribution in [3.05, 3.63) is 62.6 Å². The van der Waals surface area contributed by atoms with Crippen LogP contribution in [0.15, 0.2) is 40.9 Å². The number of anilines is 1. The van der Waals surface area contributed by atoms with Gasteiger partial charge in [-0.2, -0.15) is 5.26 Å². The number of nitriles is 1. The topological polar surface area (TPSA) is 52.9 Å². The number of nitrogens with zero attached hydrogens (tertiary/aromatic N) is 1. The van der Waals surface area contributed by atoms with Crippen LogP contribution in [-0.2, 0) is 0 Å². The summed E-state index contributed by atoms with van der Waals surface area (Å²) in [6.07, 6.45) is 0. The maximum Gasteiger partial charge on any atom is 0.257 e. The molecule has 0 spiro atoms. The van der Waals surface area contributed by atoms with Crippen molar-refractivity contribution in [3.63, 3.8) is 0 Å². The highest BCUT2D eigenvalue weighted by molar-refractivity contribution is 9.10. The molecular formula is C15H10BrClN2O. The van der Waals surface area contributed by atoms with Gasteiger partial charge in [-0.1, -0.05) is 33.6 Å². The smallest absolute Gasteiger partial charge is 0.257 e. The predicted octanol–water partition coefficient (Wildman–Crippen LogP) is 4.53. The van der Waals surface area contributed by atoms with Crippen LogP contribution >= 0.6 is 27.5 Å². The third-order valence-electron chi connectivity index (χ3n) is 2.72. The number of halogens is 2. The van der Waals surface area contributed by atoms with Crippen molar-refractivity contribution < 1.29 is 4.79 Å². The lowest BCUT2D eigenvalue weighted by atomic mass is 10.1. The fourth-order valence-electron chi connectivity index (χ4n) is 1.71. The molecule has 0 aliphatic heterocycles. The fourth-order valence-corrected chi connectivity index (χ4v) is 2.39. The van der Waals surface area contributed by atoms with Crippen molar-refractivity contribution in [1.29, 1.82) is 5.26 Å². The Hall–Kier alpha value is -1.83. The van der Waals surface area contributed by atoms with Crippen molar-refractivity contribution in [3.8, 4) is 6.07 Å². The highest BCUT2D eigenvalue weighted by Gasteiger charge is 2.12. The monoisotopic (exact) mass is 348 g/mol. The summed E-state index contributed by atoms with van der Waals surface area (Å²) in [5, 5.41) is 12.2. The molecular weight excluding hydrogens is 340 g/mol. The molecule has 2 rings (SSSR count). The lowest BCUT2D eigenvalue weighted by Crippen LogP contribution is -2.13. The molecule has 0 saturated carbocycles. The molecule has 2 aromatic rings. The number of carbonyl (C=O) groups excluding carboxylic acids is 1. The molecule has 0 saturated heterocycles. The van der Waals surface area contributed by atoms with Crippen molar-refractivity contribution in [2.45, 2.75) is 6.92 Å². The molecule has 5 heteroatoms. The number of hydrogen-bond donors (Lipinski definition) is 1. The van der Waals surface area contributed by atoms with Gasteiger partial charge >= 0.3 is 0 Å². The Labute approximate surface area is 130 Å². The Balaban J connectivity index is 2.31. The van der Waals surface area contributed by atoms with Gasteiger partial charge in [0.1, 0.15) is 6.07 Å². The molecule has 0 fully saturated rings. The Kier molecular flexibility index (Phi) is 4.43. The van der Waals surface area contributed by atoms with E-state index in [0.717, 1.165) is 10.0 Å². The third kappa shape index (κ3) is 3.19. The number of aryl methyl sites for hydroxylation is 1. The number of rotatable bonds is 2. The summed E-state index contributed by atoms with van der Waals surface area (Å²) in [5.74, 6) is -0.339. The quantitative estimate of drug-likeness (QED) is 0.865. The highest BCUT2D eigenvalue weighted by atomic mass is 79.9. The molecule has 0 heterocycles. The average Bonchev–Trinajstić information content (AvgIpc) is 2.40. The lowest BCUT2D eigenvalue weighted by Gasteiger charge is -2.09. The molecule has 2 aromatic carbocycles. The number of carbonyl (C=O) groups is 1. The van der Waals surface area contributed by atoms with E-state index in [1.54, 1.807) is 30.3 Å². The van der Waals surface area contributed by atoms with Crippen LogP contribution in [0.5, 0.6) is 0 Å². The van der Waals surface area contributed by atoms with E-state index >= 15 is 0 Å². The maximum absolute atomic E-state index is 12.2. The first-order valence-electron chi connectivity index (χ1n) is 5.78. The fraction of sp³-hybridized carbons (Fsp3) is 0.0667. The first kappa shape index (κ1) is 14.6. The number of hydrogen-bond acceptors (Lipinski definition) is 2. The van der Waals surface area contributed by atoms with Gasteiger partial charge in [-0.25, -0.2) is 0 Å². The molecule has 0 aliphatic carbocycles. The van der Waals surface area contributed by atoms with Crippen LogP contribution in [0.4, 0.5) is 5.69 Å². The summed E-state index contributed by atoms with van der Waals surface area (Å²) < 4.78 is 0.778. The van der Waals surface area contributed by atoms with Crippen LogP contribution in [0.25, 0.3) is 0 Å². The summed E-state index contributed by atoms with van der Waals surface area (Å²) in [7, 11) is 0. The molecule has 0 radical (unpaired) electrons. The van der Waals surface area contributed by atoms with Crippen molar-refractivity contribution >= 4 is 39.1 Å². The van der Waals surface area contributed by atoms with Crippen LogP contribution in [0.1, 0.15) is 21.5 Å². The lowest BCUT2D eigenvalue weighted by molar-refractivity contribution is 0.102. The first-order valence-corrected chi connectivity index (χ1v) is 6.95. The van der Waals surface area contributed by atoms with E-state index in [1.165, 1.54) is 0 Å². The van der Waals surface area contributed by atoms with Gasteiger partial charge < -0.3 is 5.32 Å². The van der Waals surface area contributed by atoms with Crippen LogP contribution in [0.3, 0.4) is 0 Å². The Morgan fingerprint density at radius 2 is 2.05 bits per heavy atom. The SMILES string of the molecule is Cc1ccc(C(=O)Nc2ccc(Br)cc2C#N)c(Cl)c1. The molecule has 0 aliphatic rings. The average molecular weight is 350 g/mol. The summed E-state index contributed by atoms with van der Waals surface area (Å²) in [5.41, 5.74) is 2.20. The van der Waals surface area contributed by atoms with Gasteiger partial charge in [0.05, 0.1) is 21.8 Å². The van der Waals surface area contributed by atoms with Gasteiger partial charge in [0.2, 0.25) is 0 Å². The normalized spacial score (nSPS) is 9.90. The zero-order valence-electron chi connectivity index (χ0n) is 10.6. The molecule has 100 valence electrons. The van der Waals surface area contributed by atoms with Gasteiger partial charge in [-0.15, -0.1) is 0 Å². The van der Waals surface area contributed by atoms with Crippen LogP contribution in [0.2, 0.25) is 5.02 Å². The second-order valence-corrected chi connectivity index (χ2v) is 5.56. The zero-order chi connectivity index (χ0) is 14.7.